The number of urea groups is 1. The number of amides is 3. The van der Waals surface area contributed by atoms with Gasteiger partial charge in [-0.1, -0.05) is 18.2 Å². The van der Waals surface area contributed by atoms with Gasteiger partial charge in [-0.3, -0.25) is 14.8 Å². The number of benzene rings is 2. The highest BCUT2D eigenvalue weighted by Crippen LogP contribution is 2.41. The normalized spacial score (nSPS) is 23.2. The van der Waals surface area contributed by atoms with Gasteiger partial charge in [0.15, 0.2) is 5.72 Å². The summed E-state index contributed by atoms with van der Waals surface area (Å²) >= 11 is 3.54. The van der Waals surface area contributed by atoms with Gasteiger partial charge in [0.2, 0.25) is 0 Å². The molecule has 10 heteroatoms. The van der Waals surface area contributed by atoms with E-state index in [-0.39, 0.29) is 25.2 Å². The number of ether oxygens (including phenoxy) is 1. The number of hydrogen-bond donors (Lipinski definition) is 4. The van der Waals surface area contributed by atoms with Crippen LogP contribution in [0.5, 0.6) is 0 Å². The third kappa shape index (κ3) is 4.70. The van der Waals surface area contributed by atoms with Gasteiger partial charge < -0.3 is 25.8 Å². The summed E-state index contributed by atoms with van der Waals surface area (Å²) in [6.07, 6.45) is 2.17. The quantitative estimate of drug-likeness (QED) is 0.474. The summed E-state index contributed by atoms with van der Waals surface area (Å²) in [6.45, 7) is 1.85. The Kier molecular flexibility index (Phi) is 6.37. The van der Waals surface area contributed by atoms with Gasteiger partial charge in [-0.25, -0.2) is 4.79 Å². The van der Waals surface area contributed by atoms with Crippen molar-refractivity contribution in [2.75, 3.05) is 36.6 Å². The van der Waals surface area contributed by atoms with Crippen LogP contribution in [0.3, 0.4) is 0 Å². The van der Waals surface area contributed by atoms with Crippen LogP contribution in [-0.2, 0) is 16.1 Å². The molecule has 2 bridgehead atoms. The summed E-state index contributed by atoms with van der Waals surface area (Å²) in [5, 5.41) is 22.8. The number of hydrogen-bond acceptors (Lipinski definition) is 6. The molecule has 0 aliphatic carbocycles. The first kappa shape index (κ1) is 22.9. The van der Waals surface area contributed by atoms with Gasteiger partial charge in [0, 0.05) is 35.4 Å². The lowest BCUT2D eigenvalue weighted by molar-refractivity contribution is -0.129. The van der Waals surface area contributed by atoms with Gasteiger partial charge in [0.05, 0.1) is 18.4 Å². The fourth-order valence-electron chi connectivity index (χ4n) is 4.74. The van der Waals surface area contributed by atoms with Crippen LogP contribution in [0.1, 0.15) is 36.5 Å². The molecule has 9 nitrogen and oxygen atoms in total. The number of nitrogens with zero attached hydrogens (tertiary/aromatic N) is 2. The first-order chi connectivity index (χ1) is 16.4. The van der Waals surface area contributed by atoms with Gasteiger partial charge in [0.25, 0.3) is 5.91 Å². The van der Waals surface area contributed by atoms with Crippen molar-refractivity contribution >= 4 is 39.2 Å². The van der Waals surface area contributed by atoms with E-state index in [2.05, 4.69) is 31.9 Å². The van der Waals surface area contributed by atoms with Crippen LogP contribution in [0.15, 0.2) is 46.9 Å². The van der Waals surface area contributed by atoms with Crippen molar-refractivity contribution in [2.24, 2.45) is 0 Å². The first-order valence-electron chi connectivity index (χ1n) is 11.5. The summed E-state index contributed by atoms with van der Waals surface area (Å²) in [5.41, 5.74) is 2.68. The van der Waals surface area contributed by atoms with Crippen LogP contribution < -0.4 is 21.0 Å². The minimum atomic E-state index is -1.02. The molecular weight excluding hydrogens is 502 g/mol. The van der Waals surface area contributed by atoms with Crippen molar-refractivity contribution in [3.05, 3.63) is 58.1 Å². The number of carbonyl (C=O) groups is 2. The van der Waals surface area contributed by atoms with Gasteiger partial charge in [0.1, 0.15) is 6.54 Å². The smallest absolute Gasteiger partial charge is 0.315 e. The fraction of sp³-hybridized carbons (Fsp3) is 0.417. The molecule has 0 aromatic heterocycles. The highest BCUT2D eigenvalue weighted by Gasteiger charge is 2.39. The lowest BCUT2D eigenvalue weighted by Gasteiger charge is -2.32. The van der Waals surface area contributed by atoms with Crippen molar-refractivity contribution in [3.63, 3.8) is 0 Å². The summed E-state index contributed by atoms with van der Waals surface area (Å²) in [7, 11) is 0. The van der Waals surface area contributed by atoms with Crippen LogP contribution >= 0.6 is 15.9 Å². The van der Waals surface area contributed by atoms with E-state index < -0.39 is 11.8 Å². The second-order valence-electron chi connectivity index (χ2n) is 8.90. The Morgan fingerprint density at radius 2 is 2.06 bits per heavy atom. The number of carbonyl (C=O) groups excluding carboxylic acids is 2. The number of para-hydroxylation sites is 1. The molecule has 4 N–H and O–H groups in total. The zero-order valence-corrected chi connectivity index (χ0v) is 20.3. The largest absolute Gasteiger partial charge is 0.369 e. The molecule has 0 spiro atoms. The minimum Gasteiger partial charge on any atom is -0.369 e. The van der Waals surface area contributed by atoms with E-state index in [1.165, 1.54) is 0 Å². The van der Waals surface area contributed by atoms with Crippen LogP contribution in [-0.4, -0.2) is 54.0 Å². The lowest BCUT2D eigenvalue weighted by atomic mass is 9.98. The highest BCUT2D eigenvalue weighted by molar-refractivity contribution is 9.10. The van der Waals surface area contributed by atoms with E-state index >= 15 is 0 Å². The monoisotopic (exact) mass is 529 g/mol. The molecule has 2 aromatic rings. The van der Waals surface area contributed by atoms with Crippen LogP contribution in [0.25, 0.3) is 0 Å². The zero-order chi connectivity index (χ0) is 23.7. The molecule has 0 unspecified atom stereocenters. The van der Waals surface area contributed by atoms with Crippen molar-refractivity contribution in [2.45, 2.75) is 37.6 Å². The molecule has 0 radical (unpaired) electrons. The summed E-state index contributed by atoms with van der Waals surface area (Å²) < 4.78 is 6.73. The Balaban J connectivity index is 1.14. The number of fused-ring (bicyclic) bond motifs is 2. The third-order valence-corrected chi connectivity index (χ3v) is 7.15. The Morgan fingerprint density at radius 1 is 1.21 bits per heavy atom. The predicted molar refractivity (Wildman–Crippen MR) is 131 cm³/mol. The molecule has 0 saturated carbocycles. The minimum absolute atomic E-state index is 0.0651. The number of rotatable bonds is 5. The second kappa shape index (κ2) is 9.44. The van der Waals surface area contributed by atoms with Crippen molar-refractivity contribution in [1.29, 1.82) is 0 Å². The van der Waals surface area contributed by atoms with Crippen molar-refractivity contribution < 1.29 is 19.4 Å². The molecule has 34 heavy (non-hydrogen) atoms. The molecule has 4 aliphatic heterocycles. The van der Waals surface area contributed by atoms with Crippen LogP contribution in [0, 0.1) is 0 Å². The maximum atomic E-state index is 12.8. The van der Waals surface area contributed by atoms with E-state index in [0.717, 1.165) is 46.4 Å². The summed E-state index contributed by atoms with van der Waals surface area (Å²) in [5.74, 6) is -0.162. The van der Waals surface area contributed by atoms with E-state index in [1.54, 1.807) is 5.01 Å². The average Bonchev–Trinajstić information content (AvgIpc) is 3.22. The Labute approximate surface area is 206 Å². The molecule has 4 heterocycles. The molecule has 4 aliphatic rings. The van der Waals surface area contributed by atoms with Gasteiger partial charge in [-0.05, 0) is 65.0 Å². The van der Waals surface area contributed by atoms with Gasteiger partial charge in [-0.15, -0.1) is 0 Å². The molecule has 2 aromatic carbocycles. The van der Waals surface area contributed by atoms with E-state index in [4.69, 9.17) is 4.74 Å². The molecule has 3 amide bonds. The Hall–Kier alpha value is -2.82. The Morgan fingerprint density at radius 3 is 2.85 bits per heavy atom. The van der Waals surface area contributed by atoms with E-state index in [0.29, 0.717) is 19.5 Å². The highest BCUT2D eigenvalue weighted by atomic mass is 79.9. The molecular formula is C24H28BrN5O4. The molecule has 2 fully saturated rings. The van der Waals surface area contributed by atoms with Crippen LogP contribution in [0.2, 0.25) is 0 Å². The number of aliphatic hydroxyl groups is 1. The fourth-order valence-corrected chi connectivity index (χ4v) is 5.22. The first-order valence-corrected chi connectivity index (χ1v) is 12.3. The average molecular weight is 530 g/mol. The predicted octanol–water partition coefficient (Wildman–Crippen LogP) is 2.87. The number of anilines is 2. The third-order valence-electron chi connectivity index (χ3n) is 6.48. The molecule has 2 atom stereocenters. The van der Waals surface area contributed by atoms with Crippen molar-refractivity contribution in [1.82, 2.24) is 15.6 Å². The molecule has 2 saturated heterocycles. The number of nitrogens with one attached hydrogen (secondary N) is 3. The van der Waals surface area contributed by atoms with Gasteiger partial charge >= 0.3 is 6.03 Å². The second-order valence-corrected chi connectivity index (χ2v) is 9.75. The van der Waals surface area contributed by atoms with Crippen molar-refractivity contribution in [3.8, 4) is 0 Å². The Bertz CT molecular complexity index is 1090. The zero-order valence-electron chi connectivity index (χ0n) is 18.7. The van der Waals surface area contributed by atoms with Crippen LogP contribution in [0.4, 0.5) is 16.2 Å². The SMILES string of the molecule is O=C(NCC(=O)N1CCCN1c1ccccc1Br)NCc1ccc2c(c1)[C@H]1CC[C@](O)(CO1)N2. The molecule has 6 rings (SSSR count). The number of halogens is 1. The van der Waals surface area contributed by atoms with E-state index in [9.17, 15) is 14.7 Å². The summed E-state index contributed by atoms with van der Waals surface area (Å²) in [4.78, 5) is 25.2. The maximum Gasteiger partial charge on any atom is 0.315 e. The van der Waals surface area contributed by atoms with Gasteiger partial charge in [-0.2, -0.15) is 0 Å². The van der Waals surface area contributed by atoms with E-state index in [1.807, 2.05) is 47.5 Å². The topological polar surface area (TPSA) is 106 Å². The standard InChI is InChI=1S/C24H28BrN5O4/c25-18-4-1-2-5-20(18)29-10-3-11-30(29)22(31)14-27-23(32)26-13-16-6-7-19-17(12-16)21-8-9-24(33,28-19)15-34-21/h1-2,4-7,12,21,28,33H,3,8-11,13-15H2,(H2,26,27,32)/t21-,24+/m1/s1. The summed E-state index contributed by atoms with van der Waals surface area (Å²) in [6, 6.07) is 13.2. The number of hydrazine groups is 1. The lowest BCUT2D eigenvalue weighted by Crippen LogP contribution is -2.48. The molecule has 180 valence electrons. The maximum absolute atomic E-state index is 12.8.